The highest BCUT2D eigenvalue weighted by Crippen LogP contribution is 2.32. The van der Waals surface area contributed by atoms with Crippen molar-refractivity contribution in [2.24, 2.45) is 0 Å². The van der Waals surface area contributed by atoms with Gasteiger partial charge < -0.3 is 5.32 Å². The van der Waals surface area contributed by atoms with Crippen molar-refractivity contribution in [2.75, 3.05) is 39.8 Å². The molecule has 1 aromatic rings. The number of hydrogen-bond donors (Lipinski definition) is 1. The molecule has 0 amide bonds. The fraction of sp³-hybridized carbons (Fsp3) is 0.571. The molecule has 2 atom stereocenters. The predicted octanol–water partition coefficient (Wildman–Crippen LogP) is 1.99. The van der Waals surface area contributed by atoms with Crippen molar-refractivity contribution in [2.45, 2.75) is 12.1 Å². The van der Waals surface area contributed by atoms with Gasteiger partial charge in [0.2, 0.25) is 0 Å². The molecule has 3 saturated heterocycles. The van der Waals surface area contributed by atoms with E-state index in [-0.39, 0.29) is 17.6 Å². The third-order valence-corrected chi connectivity index (χ3v) is 5.02. The van der Waals surface area contributed by atoms with Gasteiger partial charge in [-0.25, -0.2) is 8.78 Å². The summed E-state index contributed by atoms with van der Waals surface area (Å²) < 4.78 is 28.8. The number of likely N-dealkylation sites (N-methyl/N-ethyl adjacent to an activating group) is 1. The Bertz CT molecular complexity index is 503. The van der Waals surface area contributed by atoms with Crippen LogP contribution in [0.1, 0.15) is 11.6 Å². The van der Waals surface area contributed by atoms with Crippen molar-refractivity contribution >= 4 is 15.9 Å². The molecule has 0 saturated carbocycles. The maximum absolute atomic E-state index is 14.3. The summed E-state index contributed by atoms with van der Waals surface area (Å²) in [6, 6.07) is 2.51. The second-order valence-corrected chi connectivity index (χ2v) is 6.28. The summed E-state index contributed by atoms with van der Waals surface area (Å²) in [6.45, 7) is 4.91. The second kappa shape index (κ2) is 5.67. The quantitative estimate of drug-likeness (QED) is 0.845. The Morgan fingerprint density at radius 1 is 1.25 bits per heavy atom. The third-order valence-electron chi connectivity index (χ3n) is 4.41. The molecule has 1 N–H and O–H groups in total. The summed E-state index contributed by atoms with van der Waals surface area (Å²) >= 11 is 3.15. The van der Waals surface area contributed by atoms with Gasteiger partial charge >= 0.3 is 0 Å². The highest BCUT2D eigenvalue weighted by molar-refractivity contribution is 9.10. The van der Waals surface area contributed by atoms with Gasteiger partial charge in [-0.1, -0.05) is 0 Å². The molecule has 3 heterocycles. The van der Waals surface area contributed by atoms with Crippen LogP contribution in [0.4, 0.5) is 8.78 Å². The molecule has 3 nitrogen and oxygen atoms in total. The summed E-state index contributed by atoms with van der Waals surface area (Å²) in [7, 11) is 1.77. The fourth-order valence-corrected chi connectivity index (χ4v) is 3.68. The van der Waals surface area contributed by atoms with Gasteiger partial charge in [0, 0.05) is 44.3 Å². The minimum Gasteiger partial charge on any atom is -0.311 e. The summed E-state index contributed by atoms with van der Waals surface area (Å²) in [5.74, 6) is -0.982. The molecule has 4 rings (SSSR count). The first-order chi connectivity index (χ1) is 9.61. The Hall–Kier alpha value is -0.560. The van der Waals surface area contributed by atoms with Gasteiger partial charge in [-0.15, -0.1) is 0 Å². The molecule has 0 aromatic heterocycles. The number of fused-ring (bicyclic) bond motifs is 3. The molecule has 3 aliphatic heterocycles. The first kappa shape index (κ1) is 14.4. The lowest BCUT2D eigenvalue weighted by Crippen LogP contribution is -2.63. The number of piperazine rings is 3. The molecule has 0 radical (unpaired) electrons. The lowest BCUT2D eigenvalue weighted by molar-refractivity contribution is -0.00358. The molecule has 2 bridgehead atoms. The van der Waals surface area contributed by atoms with Crippen LogP contribution in [0.25, 0.3) is 0 Å². The van der Waals surface area contributed by atoms with Crippen molar-refractivity contribution in [1.82, 2.24) is 15.1 Å². The molecule has 2 unspecified atom stereocenters. The normalized spacial score (nSPS) is 30.5. The standard InChI is InChI=1S/C14H18BrF2N3/c1-18-14(11-8-19-4-6-20(11)7-5-19)12-10(16)3-2-9(15)13(12)17/h2-3,11,14,18H,4-8H2,1H3. The van der Waals surface area contributed by atoms with Crippen LogP contribution in [0.5, 0.6) is 0 Å². The van der Waals surface area contributed by atoms with Crippen LogP contribution in [0, 0.1) is 11.6 Å². The van der Waals surface area contributed by atoms with Gasteiger partial charge in [-0.3, -0.25) is 9.80 Å². The van der Waals surface area contributed by atoms with Gasteiger partial charge in [0.15, 0.2) is 0 Å². The lowest BCUT2D eigenvalue weighted by atomic mass is 9.93. The van der Waals surface area contributed by atoms with E-state index in [9.17, 15) is 8.78 Å². The van der Waals surface area contributed by atoms with E-state index in [1.165, 1.54) is 12.1 Å². The topological polar surface area (TPSA) is 18.5 Å². The SMILES string of the molecule is CNC(c1c(F)ccc(Br)c1F)C1CN2CCN1CC2. The van der Waals surface area contributed by atoms with E-state index in [4.69, 9.17) is 0 Å². The number of benzene rings is 1. The Morgan fingerprint density at radius 2 is 1.95 bits per heavy atom. The molecule has 1 aromatic carbocycles. The number of hydrogen-bond acceptors (Lipinski definition) is 3. The summed E-state index contributed by atoms with van der Waals surface area (Å²) in [5.41, 5.74) is 0.139. The summed E-state index contributed by atoms with van der Waals surface area (Å²) in [5, 5.41) is 3.11. The van der Waals surface area contributed by atoms with Crippen LogP contribution < -0.4 is 5.32 Å². The average Bonchev–Trinajstić information content (AvgIpc) is 2.49. The Morgan fingerprint density at radius 3 is 2.50 bits per heavy atom. The first-order valence-corrected chi connectivity index (χ1v) is 7.68. The molecule has 20 heavy (non-hydrogen) atoms. The van der Waals surface area contributed by atoms with Crippen molar-refractivity contribution in [3.8, 4) is 0 Å². The van der Waals surface area contributed by atoms with Crippen LogP contribution in [0.3, 0.4) is 0 Å². The fourth-order valence-electron chi connectivity index (χ4n) is 3.33. The molecule has 0 spiro atoms. The Kier molecular flexibility index (Phi) is 4.08. The Balaban J connectivity index is 1.96. The van der Waals surface area contributed by atoms with Crippen molar-refractivity contribution in [3.63, 3.8) is 0 Å². The first-order valence-electron chi connectivity index (χ1n) is 6.89. The molecule has 3 fully saturated rings. The molecule has 6 heteroatoms. The molecule has 110 valence electrons. The van der Waals surface area contributed by atoms with E-state index in [2.05, 4.69) is 31.0 Å². The minimum absolute atomic E-state index is 0.112. The zero-order chi connectivity index (χ0) is 14.3. The van der Waals surface area contributed by atoms with Crippen LogP contribution in [0.15, 0.2) is 16.6 Å². The Labute approximate surface area is 126 Å². The summed E-state index contributed by atoms with van der Waals surface area (Å²) in [4.78, 5) is 4.70. The van der Waals surface area contributed by atoms with Crippen LogP contribution in [0.2, 0.25) is 0 Å². The van der Waals surface area contributed by atoms with E-state index in [1.807, 2.05) is 0 Å². The van der Waals surface area contributed by atoms with Crippen molar-refractivity contribution in [3.05, 3.63) is 33.8 Å². The molecule has 3 aliphatic rings. The zero-order valence-corrected chi connectivity index (χ0v) is 13.0. The van der Waals surface area contributed by atoms with E-state index >= 15 is 0 Å². The number of halogens is 3. The number of nitrogens with one attached hydrogen (secondary N) is 1. The van der Waals surface area contributed by atoms with Crippen molar-refractivity contribution < 1.29 is 8.78 Å². The second-order valence-electron chi connectivity index (χ2n) is 5.43. The molecule has 0 aliphatic carbocycles. The van der Waals surface area contributed by atoms with E-state index in [1.54, 1.807) is 7.05 Å². The maximum atomic E-state index is 14.3. The van der Waals surface area contributed by atoms with Gasteiger partial charge in [-0.05, 0) is 35.1 Å². The van der Waals surface area contributed by atoms with Gasteiger partial charge in [0.1, 0.15) is 11.6 Å². The van der Waals surface area contributed by atoms with E-state index in [0.717, 1.165) is 32.7 Å². The monoisotopic (exact) mass is 345 g/mol. The zero-order valence-electron chi connectivity index (χ0n) is 11.4. The van der Waals surface area contributed by atoms with Gasteiger partial charge in [0.25, 0.3) is 0 Å². The lowest BCUT2D eigenvalue weighted by Gasteiger charge is -2.50. The molecular weight excluding hydrogens is 328 g/mol. The van der Waals surface area contributed by atoms with Gasteiger partial charge in [-0.2, -0.15) is 0 Å². The number of nitrogens with zero attached hydrogens (tertiary/aromatic N) is 2. The highest BCUT2D eigenvalue weighted by Gasteiger charge is 2.38. The largest absolute Gasteiger partial charge is 0.311 e. The average molecular weight is 346 g/mol. The maximum Gasteiger partial charge on any atom is 0.145 e. The third kappa shape index (κ3) is 2.39. The number of rotatable bonds is 3. The highest BCUT2D eigenvalue weighted by atomic mass is 79.9. The van der Waals surface area contributed by atoms with E-state index in [0.29, 0.717) is 4.47 Å². The van der Waals surface area contributed by atoms with E-state index < -0.39 is 11.6 Å². The van der Waals surface area contributed by atoms with Crippen LogP contribution in [-0.2, 0) is 0 Å². The van der Waals surface area contributed by atoms with Gasteiger partial charge in [0.05, 0.1) is 10.5 Å². The van der Waals surface area contributed by atoms with Crippen LogP contribution in [-0.4, -0.2) is 55.6 Å². The summed E-state index contributed by atoms with van der Waals surface area (Å²) in [6.07, 6.45) is 0. The smallest absolute Gasteiger partial charge is 0.145 e. The van der Waals surface area contributed by atoms with Crippen LogP contribution >= 0.6 is 15.9 Å². The predicted molar refractivity (Wildman–Crippen MR) is 77.7 cm³/mol. The minimum atomic E-state index is -0.498. The molecular formula is C14H18BrF2N3. The van der Waals surface area contributed by atoms with Crippen molar-refractivity contribution in [1.29, 1.82) is 0 Å².